The highest BCUT2D eigenvalue weighted by Gasteiger charge is 2.23. The molecule has 1 aromatic heterocycles. The summed E-state index contributed by atoms with van der Waals surface area (Å²) in [5.41, 5.74) is 1.38. The summed E-state index contributed by atoms with van der Waals surface area (Å²) in [7, 11) is 0. The van der Waals surface area contributed by atoms with Gasteiger partial charge in [0.2, 0.25) is 24.4 Å². The van der Waals surface area contributed by atoms with Crippen molar-refractivity contribution in [3.05, 3.63) is 53.8 Å². The Morgan fingerprint density at radius 1 is 1.06 bits per heavy atom. The number of rotatable bonds is 8. The zero-order chi connectivity index (χ0) is 24.9. The zero-order valence-corrected chi connectivity index (χ0v) is 19.7. The number of ether oxygens (including phenoxy) is 2. The molecule has 2 amide bonds. The lowest BCUT2D eigenvalue weighted by molar-refractivity contribution is -0.137. The summed E-state index contributed by atoms with van der Waals surface area (Å²) in [5.74, 6) is 0.622. The van der Waals surface area contributed by atoms with Crippen LogP contribution in [0.3, 0.4) is 0 Å². The van der Waals surface area contributed by atoms with Crippen LogP contribution >= 0.6 is 0 Å². The molecule has 2 heterocycles. The van der Waals surface area contributed by atoms with E-state index in [-0.39, 0.29) is 55.9 Å². The van der Waals surface area contributed by atoms with Crippen LogP contribution in [0, 0.1) is 5.82 Å². The Kier molecular flexibility index (Phi) is 7.06. The van der Waals surface area contributed by atoms with E-state index >= 15 is 0 Å². The van der Waals surface area contributed by atoms with E-state index in [4.69, 9.17) is 9.47 Å². The normalized spacial score (nSPS) is 15.0. The van der Waals surface area contributed by atoms with Gasteiger partial charge in [0.05, 0.1) is 6.54 Å². The summed E-state index contributed by atoms with van der Waals surface area (Å²) in [6.45, 7) is 0.0609. The van der Waals surface area contributed by atoms with Crippen molar-refractivity contribution < 1.29 is 23.5 Å². The second kappa shape index (κ2) is 10.7. The van der Waals surface area contributed by atoms with E-state index in [9.17, 15) is 14.0 Å². The van der Waals surface area contributed by atoms with Crippen LogP contribution in [0.5, 0.6) is 11.5 Å². The van der Waals surface area contributed by atoms with Gasteiger partial charge in [-0.15, -0.1) is 10.2 Å². The Bertz CT molecular complexity index is 1230. The maximum Gasteiger partial charge on any atom is 0.247 e. The molecule has 36 heavy (non-hydrogen) atoms. The van der Waals surface area contributed by atoms with Gasteiger partial charge >= 0.3 is 0 Å². The van der Waals surface area contributed by atoms with Crippen molar-refractivity contribution in [2.75, 3.05) is 13.3 Å². The number of halogens is 1. The largest absolute Gasteiger partial charge is 0.454 e. The highest BCUT2D eigenvalue weighted by atomic mass is 19.1. The second-order valence-electron chi connectivity index (χ2n) is 8.99. The topological polar surface area (TPSA) is 111 Å². The van der Waals surface area contributed by atoms with Crippen molar-refractivity contribution in [1.82, 2.24) is 30.4 Å². The third-order valence-corrected chi connectivity index (χ3v) is 6.30. The van der Waals surface area contributed by atoms with Gasteiger partial charge in [-0.3, -0.25) is 9.59 Å². The fourth-order valence-corrected chi connectivity index (χ4v) is 4.43. The number of carbonyl (C=O) groups excluding carboxylic acids is 2. The molecule has 10 nitrogen and oxygen atoms in total. The molecule has 1 aliphatic carbocycles. The van der Waals surface area contributed by atoms with E-state index in [2.05, 4.69) is 20.7 Å². The summed E-state index contributed by atoms with van der Waals surface area (Å²) in [6, 6.07) is 11.3. The van der Waals surface area contributed by atoms with Crippen LogP contribution in [0.4, 0.5) is 4.39 Å². The van der Waals surface area contributed by atoms with Gasteiger partial charge < -0.3 is 19.7 Å². The first-order valence-corrected chi connectivity index (χ1v) is 12.0. The lowest BCUT2D eigenvalue weighted by atomic mass is 9.95. The number of carbonyl (C=O) groups is 2. The Hall–Kier alpha value is -4.02. The standard InChI is InChI=1S/C25H27FN6O4/c26-19-9-7-18(8-10-19)25-28-30-32(29-25)15-24(34)31(14-23(33)27-20-4-2-1-3-5-20)13-17-6-11-21-22(12-17)36-16-35-21/h6-12,20H,1-5,13-16H2,(H,27,33). The minimum absolute atomic E-state index is 0.0940. The molecular formula is C25H27FN6O4. The van der Waals surface area contributed by atoms with Crippen LogP contribution in [-0.2, 0) is 22.7 Å². The summed E-state index contributed by atoms with van der Waals surface area (Å²) < 4.78 is 24.0. The molecule has 0 unspecified atom stereocenters. The Balaban J connectivity index is 1.29. The summed E-state index contributed by atoms with van der Waals surface area (Å²) in [4.78, 5) is 28.8. The number of nitrogens with zero attached hydrogens (tertiary/aromatic N) is 5. The second-order valence-corrected chi connectivity index (χ2v) is 8.99. The van der Waals surface area contributed by atoms with Crippen LogP contribution < -0.4 is 14.8 Å². The van der Waals surface area contributed by atoms with E-state index in [1.54, 1.807) is 18.2 Å². The van der Waals surface area contributed by atoms with Gasteiger partial charge in [-0.1, -0.05) is 25.3 Å². The van der Waals surface area contributed by atoms with E-state index in [1.165, 1.54) is 28.2 Å². The Labute approximate surface area is 207 Å². The van der Waals surface area contributed by atoms with Crippen molar-refractivity contribution in [2.45, 2.75) is 51.2 Å². The summed E-state index contributed by atoms with van der Waals surface area (Å²) >= 11 is 0. The maximum atomic E-state index is 13.3. The lowest BCUT2D eigenvalue weighted by Crippen LogP contribution is -2.45. The van der Waals surface area contributed by atoms with Gasteiger partial charge in [0, 0.05) is 18.2 Å². The average Bonchev–Trinajstić information content (AvgIpc) is 3.54. The number of hydrogen-bond donors (Lipinski definition) is 1. The molecule has 11 heteroatoms. The van der Waals surface area contributed by atoms with Crippen molar-refractivity contribution in [3.63, 3.8) is 0 Å². The molecule has 5 rings (SSSR count). The zero-order valence-electron chi connectivity index (χ0n) is 19.7. The predicted molar refractivity (Wildman–Crippen MR) is 126 cm³/mol. The third-order valence-electron chi connectivity index (χ3n) is 6.30. The van der Waals surface area contributed by atoms with Crippen molar-refractivity contribution >= 4 is 11.8 Å². The maximum absolute atomic E-state index is 13.3. The van der Waals surface area contributed by atoms with E-state index in [0.717, 1.165) is 31.2 Å². The highest BCUT2D eigenvalue weighted by Crippen LogP contribution is 2.32. The van der Waals surface area contributed by atoms with Crippen molar-refractivity contribution in [1.29, 1.82) is 0 Å². The molecule has 0 bridgehead atoms. The number of amides is 2. The number of hydrogen-bond acceptors (Lipinski definition) is 7. The van der Waals surface area contributed by atoms with Gasteiger partial charge in [-0.2, -0.15) is 4.80 Å². The molecule has 2 aliphatic rings. The molecule has 1 saturated carbocycles. The minimum Gasteiger partial charge on any atom is -0.454 e. The third kappa shape index (κ3) is 5.78. The van der Waals surface area contributed by atoms with Crippen LogP contribution in [0.2, 0.25) is 0 Å². The molecular weight excluding hydrogens is 467 g/mol. The van der Waals surface area contributed by atoms with Gasteiger partial charge in [0.25, 0.3) is 0 Å². The van der Waals surface area contributed by atoms with Crippen LogP contribution in [0.15, 0.2) is 42.5 Å². The Morgan fingerprint density at radius 2 is 1.83 bits per heavy atom. The molecule has 1 N–H and O–H groups in total. The first-order valence-electron chi connectivity index (χ1n) is 12.0. The van der Waals surface area contributed by atoms with Crippen LogP contribution in [0.1, 0.15) is 37.7 Å². The smallest absolute Gasteiger partial charge is 0.247 e. The molecule has 1 fully saturated rings. The molecule has 0 radical (unpaired) electrons. The van der Waals surface area contributed by atoms with Crippen LogP contribution in [-0.4, -0.2) is 56.3 Å². The average molecular weight is 495 g/mol. The number of fused-ring (bicyclic) bond motifs is 1. The molecule has 2 aromatic carbocycles. The highest BCUT2D eigenvalue weighted by molar-refractivity contribution is 5.84. The Morgan fingerprint density at radius 3 is 2.64 bits per heavy atom. The lowest BCUT2D eigenvalue weighted by Gasteiger charge is -2.26. The van der Waals surface area contributed by atoms with Gasteiger partial charge in [-0.25, -0.2) is 4.39 Å². The first-order chi connectivity index (χ1) is 17.5. The van der Waals surface area contributed by atoms with Crippen molar-refractivity contribution in [2.24, 2.45) is 0 Å². The summed E-state index contributed by atoms with van der Waals surface area (Å²) in [6.07, 6.45) is 5.29. The number of nitrogens with one attached hydrogen (secondary N) is 1. The number of benzene rings is 2. The van der Waals surface area contributed by atoms with Gasteiger partial charge in [-0.05, 0) is 60.0 Å². The number of tetrazole rings is 1. The van der Waals surface area contributed by atoms with Crippen molar-refractivity contribution in [3.8, 4) is 22.9 Å². The molecule has 0 saturated heterocycles. The van der Waals surface area contributed by atoms with Gasteiger partial charge in [0.15, 0.2) is 11.5 Å². The van der Waals surface area contributed by atoms with Crippen LogP contribution in [0.25, 0.3) is 11.4 Å². The van der Waals surface area contributed by atoms with E-state index < -0.39 is 0 Å². The fraction of sp³-hybridized carbons (Fsp3) is 0.400. The molecule has 0 spiro atoms. The molecule has 1 aliphatic heterocycles. The fourth-order valence-electron chi connectivity index (χ4n) is 4.43. The monoisotopic (exact) mass is 494 g/mol. The minimum atomic E-state index is -0.369. The first kappa shape index (κ1) is 23.7. The van der Waals surface area contributed by atoms with Gasteiger partial charge in [0.1, 0.15) is 12.4 Å². The number of aromatic nitrogens is 4. The predicted octanol–water partition coefficient (Wildman–Crippen LogP) is 2.69. The van der Waals surface area contributed by atoms with E-state index in [1.807, 2.05) is 12.1 Å². The quantitative estimate of drug-likeness (QED) is 0.513. The SMILES string of the molecule is O=C(CN(Cc1ccc2c(c1)OCO2)C(=O)Cn1nnc(-c2ccc(F)cc2)n1)NC1CCCCC1. The molecule has 188 valence electrons. The van der Waals surface area contributed by atoms with E-state index in [0.29, 0.717) is 17.1 Å². The summed E-state index contributed by atoms with van der Waals surface area (Å²) in [5, 5.41) is 15.2. The molecule has 3 aromatic rings. The molecule has 0 atom stereocenters.